The van der Waals surface area contributed by atoms with E-state index in [1.54, 1.807) is 0 Å². The van der Waals surface area contributed by atoms with E-state index in [2.05, 4.69) is 10.3 Å². The highest BCUT2D eigenvalue weighted by molar-refractivity contribution is 7.90. The SMILES string of the molecule is CC(C)(O)c1ccc(Oc2ncc(C(F)(F)F)cc2C(=O)Nc2cccc(S(C)(=O)=O)c2)c(F)c1. The largest absolute Gasteiger partial charge is 0.435 e. The number of alkyl halides is 3. The fourth-order valence-corrected chi connectivity index (χ4v) is 3.59. The molecule has 0 aliphatic carbocycles. The summed E-state index contributed by atoms with van der Waals surface area (Å²) in [7, 11) is -3.62. The van der Waals surface area contributed by atoms with Gasteiger partial charge < -0.3 is 15.2 Å². The molecule has 0 spiro atoms. The Hall–Kier alpha value is -3.51. The van der Waals surface area contributed by atoms with Crippen molar-refractivity contribution in [3.63, 3.8) is 0 Å². The van der Waals surface area contributed by atoms with Gasteiger partial charge in [-0.2, -0.15) is 13.2 Å². The smallest absolute Gasteiger partial charge is 0.417 e. The molecule has 35 heavy (non-hydrogen) atoms. The molecule has 3 aromatic rings. The predicted molar refractivity (Wildman–Crippen MR) is 118 cm³/mol. The summed E-state index contributed by atoms with van der Waals surface area (Å²) in [5.74, 6) is -3.11. The summed E-state index contributed by atoms with van der Waals surface area (Å²) in [4.78, 5) is 16.3. The molecule has 1 aromatic heterocycles. The number of benzene rings is 2. The molecule has 0 bridgehead atoms. The molecule has 3 rings (SSSR count). The minimum Gasteiger partial charge on any atom is -0.435 e. The number of nitrogens with zero attached hydrogens (tertiary/aromatic N) is 1. The van der Waals surface area contributed by atoms with Crippen molar-refractivity contribution in [2.45, 2.75) is 30.5 Å². The highest BCUT2D eigenvalue weighted by Gasteiger charge is 2.33. The lowest BCUT2D eigenvalue weighted by Crippen LogP contribution is -2.17. The monoisotopic (exact) mass is 512 g/mol. The van der Waals surface area contributed by atoms with Crippen molar-refractivity contribution in [3.05, 3.63) is 77.2 Å². The molecule has 0 saturated carbocycles. The number of hydrogen-bond donors (Lipinski definition) is 2. The Bertz CT molecular complexity index is 1380. The van der Waals surface area contributed by atoms with E-state index in [0.717, 1.165) is 24.5 Å². The van der Waals surface area contributed by atoms with Crippen molar-refractivity contribution in [3.8, 4) is 11.6 Å². The number of rotatable bonds is 6. The third-order valence-electron chi connectivity index (χ3n) is 4.79. The van der Waals surface area contributed by atoms with Crippen molar-refractivity contribution in [2.24, 2.45) is 0 Å². The van der Waals surface area contributed by atoms with E-state index in [0.29, 0.717) is 12.3 Å². The molecule has 2 N–H and O–H groups in total. The van der Waals surface area contributed by atoms with Gasteiger partial charge in [0.05, 0.1) is 16.1 Å². The topological polar surface area (TPSA) is 106 Å². The normalized spacial score (nSPS) is 12.3. The molecule has 0 saturated heterocycles. The number of aliphatic hydroxyl groups is 1. The third-order valence-corrected chi connectivity index (χ3v) is 5.90. The Morgan fingerprint density at radius 3 is 2.31 bits per heavy atom. The Balaban J connectivity index is 2.01. The molecule has 0 atom stereocenters. The number of pyridine rings is 1. The quantitative estimate of drug-likeness (QED) is 0.455. The van der Waals surface area contributed by atoms with Crippen LogP contribution in [-0.4, -0.2) is 30.7 Å². The van der Waals surface area contributed by atoms with Crippen LogP contribution in [0.5, 0.6) is 11.6 Å². The summed E-state index contributed by atoms with van der Waals surface area (Å²) in [5, 5.41) is 12.3. The number of aromatic nitrogens is 1. The van der Waals surface area contributed by atoms with Crippen LogP contribution in [0.3, 0.4) is 0 Å². The Morgan fingerprint density at radius 2 is 1.74 bits per heavy atom. The van der Waals surface area contributed by atoms with Crippen molar-refractivity contribution in [2.75, 3.05) is 11.6 Å². The van der Waals surface area contributed by atoms with Gasteiger partial charge in [0, 0.05) is 18.1 Å². The maximum absolute atomic E-state index is 14.6. The second-order valence-corrected chi connectivity index (χ2v) is 10.2. The molecule has 7 nitrogen and oxygen atoms in total. The van der Waals surface area contributed by atoms with Crippen molar-refractivity contribution in [1.29, 1.82) is 0 Å². The third kappa shape index (κ3) is 6.34. The van der Waals surface area contributed by atoms with Gasteiger partial charge in [-0.15, -0.1) is 0 Å². The zero-order chi connectivity index (χ0) is 26.2. The maximum Gasteiger partial charge on any atom is 0.417 e. The first-order chi connectivity index (χ1) is 16.1. The van der Waals surface area contributed by atoms with E-state index in [1.807, 2.05) is 0 Å². The van der Waals surface area contributed by atoms with Crippen molar-refractivity contribution >= 4 is 21.4 Å². The van der Waals surface area contributed by atoms with Gasteiger partial charge in [-0.05, 0) is 55.8 Å². The van der Waals surface area contributed by atoms with E-state index in [9.17, 15) is 35.9 Å². The Labute approximate surface area is 198 Å². The number of anilines is 1. The average molecular weight is 512 g/mol. The number of halogens is 4. The van der Waals surface area contributed by atoms with Gasteiger partial charge in [0.15, 0.2) is 21.4 Å². The molecule has 0 radical (unpaired) electrons. The molecule has 186 valence electrons. The van der Waals surface area contributed by atoms with Crippen LogP contribution in [0.1, 0.15) is 35.3 Å². The van der Waals surface area contributed by atoms with Crippen LogP contribution in [0.4, 0.5) is 23.2 Å². The number of hydrogen-bond acceptors (Lipinski definition) is 6. The van der Waals surface area contributed by atoms with Gasteiger partial charge in [-0.3, -0.25) is 4.79 Å². The minimum absolute atomic E-state index is 0.0120. The van der Waals surface area contributed by atoms with Crippen LogP contribution in [0.2, 0.25) is 0 Å². The van der Waals surface area contributed by atoms with Crippen LogP contribution >= 0.6 is 0 Å². The van der Waals surface area contributed by atoms with Crippen LogP contribution in [-0.2, 0) is 21.6 Å². The Kier molecular flexibility index (Phi) is 6.91. The highest BCUT2D eigenvalue weighted by atomic mass is 32.2. The molecule has 12 heteroatoms. The van der Waals surface area contributed by atoms with Crippen molar-refractivity contribution < 1.29 is 40.6 Å². The first-order valence-electron chi connectivity index (χ1n) is 9.94. The summed E-state index contributed by atoms with van der Waals surface area (Å²) < 4.78 is 83.2. The molecule has 0 unspecified atom stereocenters. The van der Waals surface area contributed by atoms with Gasteiger partial charge in [-0.1, -0.05) is 12.1 Å². The second-order valence-electron chi connectivity index (χ2n) is 8.13. The van der Waals surface area contributed by atoms with Crippen LogP contribution in [0, 0.1) is 5.82 Å². The zero-order valence-electron chi connectivity index (χ0n) is 18.6. The molecule has 1 heterocycles. The molecule has 1 amide bonds. The molecule has 0 aliphatic heterocycles. The minimum atomic E-state index is -4.84. The lowest BCUT2D eigenvalue weighted by atomic mass is 9.98. The van der Waals surface area contributed by atoms with Gasteiger partial charge in [0.25, 0.3) is 5.91 Å². The summed E-state index contributed by atoms with van der Waals surface area (Å²) in [6, 6.07) is 9.04. The number of carbonyl (C=O) groups excluding carboxylic acids is 1. The standard InChI is InChI=1S/C23H20F4N2O5S/c1-22(2,31)13-7-8-19(18(24)10-13)34-21-17(9-14(12-28-21)23(25,26)27)20(30)29-15-5-4-6-16(11-15)35(3,32)33/h4-12,31H,1-3H3,(H,29,30). The fourth-order valence-electron chi connectivity index (χ4n) is 2.92. The predicted octanol–water partition coefficient (Wildman–Crippen LogP) is 4.92. The first-order valence-corrected chi connectivity index (χ1v) is 11.8. The molecule has 2 aromatic carbocycles. The number of sulfone groups is 1. The molecular weight excluding hydrogens is 492 g/mol. The molecular formula is C23H20F4N2O5S. The molecule has 0 aliphatic rings. The van der Waals surface area contributed by atoms with E-state index in [-0.39, 0.29) is 16.1 Å². The molecule has 0 fully saturated rings. The van der Waals surface area contributed by atoms with Crippen LogP contribution in [0.25, 0.3) is 0 Å². The average Bonchev–Trinajstić information content (AvgIpc) is 2.73. The van der Waals surface area contributed by atoms with Crippen molar-refractivity contribution in [1.82, 2.24) is 4.98 Å². The number of ether oxygens (including phenoxy) is 1. The lowest BCUT2D eigenvalue weighted by Gasteiger charge is -2.19. The van der Waals surface area contributed by atoms with Gasteiger partial charge in [0.2, 0.25) is 5.88 Å². The van der Waals surface area contributed by atoms with Gasteiger partial charge >= 0.3 is 6.18 Å². The fraction of sp³-hybridized carbons (Fsp3) is 0.217. The van der Waals surface area contributed by atoms with E-state index < -0.39 is 56.1 Å². The summed E-state index contributed by atoms with van der Waals surface area (Å²) in [5.41, 5.74) is -3.08. The van der Waals surface area contributed by atoms with E-state index in [1.165, 1.54) is 38.1 Å². The Morgan fingerprint density at radius 1 is 1.06 bits per heavy atom. The lowest BCUT2D eigenvalue weighted by molar-refractivity contribution is -0.137. The van der Waals surface area contributed by atoms with Crippen LogP contribution < -0.4 is 10.1 Å². The van der Waals surface area contributed by atoms with Crippen LogP contribution in [0.15, 0.2) is 59.6 Å². The second kappa shape index (κ2) is 9.27. The summed E-state index contributed by atoms with van der Waals surface area (Å²) in [6.07, 6.45) is -3.45. The summed E-state index contributed by atoms with van der Waals surface area (Å²) >= 11 is 0. The maximum atomic E-state index is 14.6. The van der Waals surface area contributed by atoms with E-state index >= 15 is 0 Å². The highest BCUT2D eigenvalue weighted by Crippen LogP contribution is 2.34. The number of carbonyl (C=O) groups is 1. The van der Waals surface area contributed by atoms with Gasteiger partial charge in [0.1, 0.15) is 5.56 Å². The zero-order valence-corrected chi connectivity index (χ0v) is 19.5. The van der Waals surface area contributed by atoms with Gasteiger partial charge in [-0.25, -0.2) is 17.8 Å². The number of amides is 1. The summed E-state index contributed by atoms with van der Waals surface area (Å²) in [6.45, 7) is 2.86. The van der Waals surface area contributed by atoms with E-state index in [4.69, 9.17) is 4.74 Å². The first kappa shape index (κ1) is 26.1. The number of nitrogens with one attached hydrogen (secondary N) is 1.